The third-order valence-corrected chi connectivity index (χ3v) is 3.14. The second-order valence-corrected chi connectivity index (χ2v) is 4.79. The largest absolute Gasteiger partial charge is 0.481 e. The summed E-state index contributed by atoms with van der Waals surface area (Å²) in [5.41, 5.74) is 1.71. The first-order valence-corrected chi connectivity index (χ1v) is 7.42. The van der Waals surface area contributed by atoms with E-state index >= 15 is 0 Å². The van der Waals surface area contributed by atoms with E-state index < -0.39 is 0 Å². The summed E-state index contributed by atoms with van der Waals surface area (Å²) < 4.78 is 5.65. The van der Waals surface area contributed by atoms with Gasteiger partial charge in [-0.1, -0.05) is 54.3 Å². The number of carbonyl (C=O) groups is 1. The first kappa shape index (κ1) is 16.4. The number of allylic oxidation sites excluding steroid dienone is 1. The van der Waals surface area contributed by atoms with Crippen molar-refractivity contribution in [3.8, 4) is 17.6 Å². The van der Waals surface area contributed by atoms with Gasteiger partial charge >= 0.3 is 0 Å². The van der Waals surface area contributed by atoms with E-state index in [1.54, 1.807) is 12.1 Å². The fourth-order valence-corrected chi connectivity index (χ4v) is 2.01. The molecule has 116 valence electrons. The lowest BCUT2D eigenvalue weighted by atomic mass is 10.1. The highest BCUT2D eigenvalue weighted by atomic mass is 16.5. The van der Waals surface area contributed by atoms with Gasteiger partial charge in [0.1, 0.15) is 12.4 Å². The van der Waals surface area contributed by atoms with Gasteiger partial charge in [-0.05, 0) is 30.2 Å². The number of hydrogen-bond acceptors (Lipinski definition) is 2. The van der Waals surface area contributed by atoms with E-state index in [-0.39, 0.29) is 12.5 Å². The maximum absolute atomic E-state index is 11.8. The molecule has 0 aliphatic heterocycles. The zero-order valence-corrected chi connectivity index (χ0v) is 12.9. The van der Waals surface area contributed by atoms with Crippen LogP contribution in [0.5, 0.6) is 5.75 Å². The maximum atomic E-state index is 11.8. The normalized spacial score (nSPS) is 9.39. The minimum atomic E-state index is -0.128. The van der Waals surface area contributed by atoms with Crippen LogP contribution >= 0.6 is 0 Å². The summed E-state index contributed by atoms with van der Waals surface area (Å²) in [5, 5.41) is 2.75. The van der Waals surface area contributed by atoms with Crippen LogP contribution in [-0.4, -0.2) is 19.1 Å². The quantitative estimate of drug-likeness (QED) is 0.657. The molecule has 0 radical (unpaired) electrons. The maximum Gasteiger partial charge on any atom is 0.252 e. The second-order valence-electron chi connectivity index (χ2n) is 4.79. The predicted molar refractivity (Wildman–Crippen MR) is 92.4 cm³/mol. The first-order chi connectivity index (χ1) is 11.3. The van der Waals surface area contributed by atoms with Crippen LogP contribution in [0.3, 0.4) is 0 Å². The first-order valence-electron chi connectivity index (χ1n) is 7.42. The van der Waals surface area contributed by atoms with Gasteiger partial charge in [0.25, 0.3) is 5.91 Å². The van der Waals surface area contributed by atoms with Crippen molar-refractivity contribution >= 4 is 5.91 Å². The fourth-order valence-electron chi connectivity index (χ4n) is 2.01. The van der Waals surface area contributed by atoms with Gasteiger partial charge in [0, 0.05) is 5.56 Å². The summed E-state index contributed by atoms with van der Waals surface area (Å²) in [7, 11) is 0. The minimum absolute atomic E-state index is 0.128. The van der Waals surface area contributed by atoms with Crippen LogP contribution in [0, 0.1) is 11.8 Å². The van der Waals surface area contributed by atoms with E-state index in [2.05, 4.69) is 23.7 Å². The summed E-state index contributed by atoms with van der Waals surface area (Å²) in [5.74, 6) is 6.47. The molecule has 0 atom stereocenters. The highest BCUT2D eigenvalue weighted by Gasteiger charge is 2.01. The van der Waals surface area contributed by atoms with Gasteiger partial charge in [-0.3, -0.25) is 4.79 Å². The lowest BCUT2D eigenvalue weighted by molar-refractivity contribution is 0.0958. The summed E-state index contributed by atoms with van der Waals surface area (Å²) in [6.45, 7) is 4.32. The Morgan fingerprint density at radius 3 is 2.61 bits per heavy atom. The van der Waals surface area contributed by atoms with E-state index in [9.17, 15) is 4.79 Å². The lowest BCUT2D eigenvalue weighted by Crippen LogP contribution is -2.23. The number of rotatable bonds is 6. The smallest absolute Gasteiger partial charge is 0.252 e. The average Bonchev–Trinajstić information content (AvgIpc) is 2.60. The van der Waals surface area contributed by atoms with E-state index in [1.807, 2.05) is 48.5 Å². The fraction of sp³-hybridized carbons (Fsp3) is 0.150. The van der Waals surface area contributed by atoms with Gasteiger partial charge in [0.15, 0.2) is 0 Å². The van der Waals surface area contributed by atoms with Gasteiger partial charge in [0.05, 0.1) is 6.54 Å². The number of para-hydroxylation sites is 1. The third-order valence-electron chi connectivity index (χ3n) is 3.14. The Labute approximate surface area is 137 Å². The Bertz CT molecular complexity index is 711. The molecule has 0 fully saturated rings. The number of amides is 1. The average molecular weight is 305 g/mol. The van der Waals surface area contributed by atoms with Crippen molar-refractivity contribution < 1.29 is 9.53 Å². The minimum Gasteiger partial charge on any atom is -0.481 e. The van der Waals surface area contributed by atoms with E-state index in [0.717, 1.165) is 17.7 Å². The molecule has 3 nitrogen and oxygen atoms in total. The van der Waals surface area contributed by atoms with Gasteiger partial charge in [-0.2, -0.15) is 0 Å². The number of hydrogen-bond donors (Lipinski definition) is 1. The molecule has 0 heterocycles. The molecule has 0 aliphatic rings. The van der Waals surface area contributed by atoms with Gasteiger partial charge < -0.3 is 10.1 Å². The van der Waals surface area contributed by atoms with Crippen molar-refractivity contribution in [3.05, 3.63) is 78.4 Å². The van der Waals surface area contributed by atoms with Crippen LogP contribution < -0.4 is 10.1 Å². The van der Waals surface area contributed by atoms with Crippen LogP contribution in [0.2, 0.25) is 0 Å². The van der Waals surface area contributed by atoms with Gasteiger partial charge in [0.2, 0.25) is 0 Å². The molecule has 0 saturated heterocycles. The summed E-state index contributed by atoms with van der Waals surface area (Å²) in [4.78, 5) is 11.8. The lowest BCUT2D eigenvalue weighted by Gasteiger charge is -2.07. The van der Waals surface area contributed by atoms with Crippen molar-refractivity contribution in [2.24, 2.45) is 0 Å². The third kappa shape index (κ3) is 5.37. The number of ether oxygens (including phenoxy) is 1. The number of carbonyl (C=O) groups excluding carboxylic acids is 1. The summed E-state index contributed by atoms with van der Waals surface area (Å²) in [6, 6.07) is 16.9. The molecular weight excluding hydrogens is 286 g/mol. The number of nitrogens with one attached hydrogen (secondary N) is 1. The van der Waals surface area contributed by atoms with E-state index in [4.69, 9.17) is 4.74 Å². The van der Waals surface area contributed by atoms with Crippen molar-refractivity contribution in [2.45, 2.75) is 6.42 Å². The highest BCUT2D eigenvalue weighted by Crippen LogP contribution is 2.18. The SMILES string of the molecule is C=CCc1ccccc1OCC#CCNC(=O)c1ccccc1. The van der Waals surface area contributed by atoms with Crippen molar-refractivity contribution in [1.29, 1.82) is 0 Å². The molecular formula is C20H19NO2. The van der Waals surface area contributed by atoms with Gasteiger partial charge in [-0.15, -0.1) is 6.58 Å². The van der Waals surface area contributed by atoms with Crippen LogP contribution in [0.4, 0.5) is 0 Å². The highest BCUT2D eigenvalue weighted by molar-refractivity contribution is 5.94. The van der Waals surface area contributed by atoms with Crippen LogP contribution in [0.1, 0.15) is 15.9 Å². The molecule has 0 aliphatic carbocycles. The molecule has 1 amide bonds. The Morgan fingerprint density at radius 1 is 1.09 bits per heavy atom. The molecule has 1 N–H and O–H groups in total. The summed E-state index contributed by atoms with van der Waals surface area (Å²) >= 11 is 0. The Morgan fingerprint density at radius 2 is 1.83 bits per heavy atom. The molecule has 23 heavy (non-hydrogen) atoms. The monoisotopic (exact) mass is 305 g/mol. The van der Waals surface area contributed by atoms with Crippen molar-refractivity contribution in [3.63, 3.8) is 0 Å². The predicted octanol–water partition coefficient (Wildman–Crippen LogP) is 3.23. The molecule has 2 aromatic carbocycles. The number of benzene rings is 2. The Balaban J connectivity index is 1.76. The molecule has 2 rings (SSSR count). The van der Waals surface area contributed by atoms with Crippen LogP contribution in [-0.2, 0) is 6.42 Å². The zero-order chi connectivity index (χ0) is 16.3. The molecule has 2 aromatic rings. The topological polar surface area (TPSA) is 38.3 Å². The Hall–Kier alpha value is -2.99. The molecule has 0 aromatic heterocycles. The molecule has 0 bridgehead atoms. The molecule has 0 unspecified atom stereocenters. The molecule has 0 spiro atoms. The summed E-state index contributed by atoms with van der Waals surface area (Å²) in [6.07, 6.45) is 2.60. The van der Waals surface area contributed by atoms with Crippen molar-refractivity contribution in [1.82, 2.24) is 5.32 Å². The molecule has 3 heteroatoms. The second kappa shape index (κ2) is 9.11. The standard InChI is InChI=1S/C20H19NO2/c1-2-10-17-11-6-7-14-19(17)23-16-9-8-15-21-20(22)18-12-4-3-5-13-18/h2-7,11-14H,1,10,15-16H2,(H,21,22). The van der Waals surface area contributed by atoms with Crippen molar-refractivity contribution in [2.75, 3.05) is 13.2 Å². The molecule has 0 saturated carbocycles. The van der Waals surface area contributed by atoms with Crippen LogP contribution in [0.25, 0.3) is 0 Å². The zero-order valence-electron chi connectivity index (χ0n) is 12.9. The Kier molecular flexibility index (Phi) is 6.49. The van der Waals surface area contributed by atoms with E-state index in [1.165, 1.54) is 0 Å². The van der Waals surface area contributed by atoms with Gasteiger partial charge in [-0.25, -0.2) is 0 Å². The van der Waals surface area contributed by atoms with E-state index in [0.29, 0.717) is 12.1 Å². The van der Waals surface area contributed by atoms with Crippen LogP contribution in [0.15, 0.2) is 67.3 Å².